The van der Waals surface area contributed by atoms with Crippen LogP contribution in [0.15, 0.2) is 24.5 Å². The SMILES string of the molecule is Cc1ccc(-n2cnc3c2CCCC3)c(CBr)c1. The molecular weight excluding hydrogens is 288 g/mol. The van der Waals surface area contributed by atoms with Crippen LogP contribution in [0.1, 0.15) is 35.4 Å². The van der Waals surface area contributed by atoms with Crippen molar-refractivity contribution in [2.24, 2.45) is 0 Å². The molecule has 0 unspecified atom stereocenters. The molecule has 1 aromatic heterocycles. The average molecular weight is 305 g/mol. The number of aryl methyl sites for hydroxylation is 2. The highest BCUT2D eigenvalue weighted by molar-refractivity contribution is 9.08. The van der Waals surface area contributed by atoms with Crippen LogP contribution in [0.5, 0.6) is 0 Å². The normalized spacial score (nSPS) is 14.6. The fourth-order valence-electron chi connectivity index (χ4n) is 2.73. The van der Waals surface area contributed by atoms with Crippen molar-refractivity contribution in [2.45, 2.75) is 37.9 Å². The van der Waals surface area contributed by atoms with E-state index in [-0.39, 0.29) is 0 Å². The van der Waals surface area contributed by atoms with Gasteiger partial charge >= 0.3 is 0 Å². The minimum Gasteiger partial charge on any atom is -0.303 e. The molecule has 0 aliphatic heterocycles. The van der Waals surface area contributed by atoms with Crippen molar-refractivity contribution in [3.05, 3.63) is 47.0 Å². The first-order chi connectivity index (χ1) is 8.79. The van der Waals surface area contributed by atoms with Crippen LogP contribution in [0.25, 0.3) is 5.69 Å². The third kappa shape index (κ3) is 2.01. The van der Waals surface area contributed by atoms with E-state index in [1.54, 1.807) is 0 Å². The first-order valence-corrected chi connectivity index (χ1v) is 7.62. The largest absolute Gasteiger partial charge is 0.303 e. The van der Waals surface area contributed by atoms with Crippen LogP contribution < -0.4 is 0 Å². The van der Waals surface area contributed by atoms with Gasteiger partial charge in [0.15, 0.2) is 0 Å². The van der Waals surface area contributed by atoms with Crippen molar-refractivity contribution in [1.29, 1.82) is 0 Å². The molecule has 3 heteroatoms. The third-order valence-corrected chi connectivity index (χ3v) is 4.27. The van der Waals surface area contributed by atoms with E-state index in [0.717, 1.165) is 18.2 Å². The number of fused-ring (bicyclic) bond motifs is 1. The molecule has 0 N–H and O–H groups in total. The second kappa shape index (κ2) is 4.88. The van der Waals surface area contributed by atoms with Crippen molar-refractivity contribution in [3.63, 3.8) is 0 Å². The number of halogens is 1. The molecule has 1 heterocycles. The van der Waals surface area contributed by atoms with E-state index in [2.05, 4.69) is 50.6 Å². The number of rotatable bonds is 2. The molecule has 0 saturated carbocycles. The standard InChI is InChI=1S/C15H17BrN2/c1-11-6-7-14(12(8-11)9-16)18-10-17-13-4-2-3-5-15(13)18/h6-8,10H,2-5,9H2,1H3. The number of nitrogens with zero attached hydrogens (tertiary/aromatic N) is 2. The van der Waals surface area contributed by atoms with Gasteiger partial charge in [0.2, 0.25) is 0 Å². The van der Waals surface area contributed by atoms with Gasteiger partial charge in [-0.3, -0.25) is 0 Å². The molecule has 1 aliphatic rings. The minimum absolute atomic E-state index is 0.886. The second-order valence-electron chi connectivity index (χ2n) is 4.98. The van der Waals surface area contributed by atoms with Gasteiger partial charge < -0.3 is 4.57 Å². The highest BCUT2D eigenvalue weighted by atomic mass is 79.9. The van der Waals surface area contributed by atoms with E-state index < -0.39 is 0 Å². The van der Waals surface area contributed by atoms with Crippen molar-refractivity contribution in [2.75, 3.05) is 0 Å². The van der Waals surface area contributed by atoms with E-state index in [0.29, 0.717) is 0 Å². The molecule has 0 fully saturated rings. The monoisotopic (exact) mass is 304 g/mol. The highest BCUT2D eigenvalue weighted by Gasteiger charge is 2.17. The average Bonchev–Trinajstić information content (AvgIpc) is 2.82. The van der Waals surface area contributed by atoms with E-state index in [1.807, 2.05) is 6.33 Å². The summed E-state index contributed by atoms with van der Waals surface area (Å²) < 4.78 is 2.28. The van der Waals surface area contributed by atoms with E-state index >= 15 is 0 Å². The fraction of sp³-hybridized carbons (Fsp3) is 0.400. The molecule has 2 aromatic rings. The van der Waals surface area contributed by atoms with Crippen LogP contribution in [0.2, 0.25) is 0 Å². The Bertz CT molecular complexity index is 572. The van der Waals surface area contributed by atoms with Crippen LogP contribution in [0, 0.1) is 6.92 Å². The maximum atomic E-state index is 4.58. The molecule has 18 heavy (non-hydrogen) atoms. The Morgan fingerprint density at radius 1 is 1.28 bits per heavy atom. The quantitative estimate of drug-likeness (QED) is 0.768. The zero-order valence-corrected chi connectivity index (χ0v) is 12.2. The Kier molecular flexibility index (Phi) is 3.25. The number of hydrogen-bond donors (Lipinski definition) is 0. The number of hydrogen-bond acceptors (Lipinski definition) is 1. The summed E-state index contributed by atoms with van der Waals surface area (Å²) in [6, 6.07) is 6.64. The maximum absolute atomic E-state index is 4.58. The number of alkyl halides is 1. The van der Waals surface area contributed by atoms with Gasteiger partial charge in [-0.2, -0.15) is 0 Å². The highest BCUT2D eigenvalue weighted by Crippen LogP contribution is 2.26. The Morgan fingerprint density at radius 2 is 2.11 bits per heavy atom. The van der Waals surface area contributed by atoms with Crippen LogP contribution in [0.3, 0.4) is 0 Å². The van der Waals surface area contributed by atoms with E-state index in [1.165, 1.54) is 41.0 Å². The van der Waals surface area contributed by atoms with Gasteiger partial charge in [-0.05, 0) is 44.2 Å². The Hall–Kier alpha value is -1.09. The summed E-state index contributed by atoms with van der Waals surface area (Å²) in [6.07, 6.45) is 6.85. The Morgan fingerprint density at radius 3 is 2.94 bits per heavy atom. The summed E-state index contributed by atoms with van der Waals surface area (Å²) in [5.41, 5.74) is 6.62. The van der Waals surface area contributed by atoms with Crippen LogP contribution >= 0.6 is 15.9 Å². The van der Waals surface area contributed by atoms with Crippen LogP contribution in [0.4, 0.5) is 0 Å². The number of benzene rings is 1. The smallest absolute Gasteiger partial charge is 0.0997 e. The summed E-state index contributed by atoms with van der Waals surface area (Å²) in [5, 5.41) is 0.886. The summed E-state index contributed by atoms with van der Waals surface area (Å²) in [7, 11) is 0. The lowest BCUT2D eigenvalue weighted by atomic mass is 10.0. The van der Waals surface area contributed by atoms with Crippen molar-refractivity contribution < 1.29 is 0 Å². The van der Waals surface area contributed by atoms with Crippen LogP contribution in [-0.4, -0.2) is 9.55 Å². The molecule has 2 nitrogen and oxygen atoms in total. The molecule has 94 valence electrons. The number of aromatic nitrogens is 2. The van der Waals surface area contributed by atoms with Gasteiger partial charge in [0, 0.05) is 11.0 Å². The molecule has 1 aromatic carbocycles. The van der Waals surface area contributed by atoms with Gasteiger partial charge in [0.05, 0.1) is 17.7 Å². The zero-order chi connectivity index (χ0) is 12.5. The molecular formula is C15H17BrN2. The van der Waals surface area contributed by atoms with Crippen molar-refractivity contribution in [3.8, 4) is 5.69 Å². The minimum atomic E-state index is 0.886. The van der Waals surface area contributed by atoms with E-state index in [4.69, 9.17) is 0 Å². The molecule has 0 saturated heterocycles. The molecule has 0 amide bonds. The van der Waals surface area contributed by atoms with Crippen LogP contribution in [-0.2, 0) is 18.2 Å². The van der Waals surface area contributed by atoms with Gasteiger partial charge in [-0.25, -0.2) is 4.98 Å². The van der Waals surface area contributed by atoms with Crippen molar-refractivity contribution in [1.82, 2.24) is 9.55 Å². The van der Waals surface area contributed by atoms with Gasteiger partial charge in [0.1, 0.15) is 0 Å². The first kappa shape index (κ1) is 12.0. The molecule has 0 atom stereocenters. The molecule has 3 rings (SSSR count). The summed E-state index contributed by atoms with van der Waals surface area (Å²) >= 11 is 3.59. The van der Waals surface area contributed by atoms with Gasteiger partial charge in [-0.1, -0.05) is 33.6 Å². The first-order valence-electron chi connectivity index (χ1n) is 6.50. The predicted octanol–water partition coefficient (Wildman–Crippen LogP) is 3.95. The third-order valence-electron chi connectivity index (χ3n) is 3.67. The lowest BCUT2D eigenvalue weighted by molar-refractivity contribution is 0.655. The number of imidazole rings is 1. The zero-order valence-electron chi connectivity index (χ0n) is 10.6. The Labute approximate surface area is 116 Å². The summed E-state index contributed by atoms with van der Waals surface area (Å²) in [4.78, 5) is 4.58. The van der Waals surface area contributed by atoms with E-state index in [9.17, 15) is 0 Å². The summed E-state index contributed by atoms with van der Waals surface area (Å²) in [5.74, 6) is 0. The Balaban J connectivity index is 2.12. The second-order valence-corrected chi connectivity index (χ2v) is 5.54. The topological polar surface area (TPSA) is 17.8 Å². The van der Waals surface area contributed by atoms with Gasteiger partial charge in [-0.15, -0.1) is 0 Å². The van der Waals surface area contributed by atoms with Gasteiger partial charge in [0.25, 0.3) is 0 Å². The lowest BCUT2D eigenvalue weighted by Gasteiger charge is -2.16. The van der Waals surface area contributed by atoms with Crippen molar-refractivity contribution >= 4 is 15.9 Å². The molecule has 0 spiro atoms. The fourth-order valence-corrected chi connectivity index (χ4v) is 3.18. The lowest BCUT2D eigenvalue weighted by Crippen LogP contribution is -2.08. The molecule has 0 bridgehead atoms. The molecule has 1 aliphatic carbocycles. The summed E-state index contributed by atoms with van der Waals surface area (Å²) in [6.45, 7) is 2.14. The predicted molar refractivity (Wildman–Crippen MR) is 77.6 cm³/mol. The maximum Gasteiger partial charge on any atom is 0.0997 e. The molecule has 0 radical (unpaired) electrons.